The fourth-order valence-corrected chi connectivity index (χ4v) is 5.96. The van der Waals surface area contributed by atoms with Crippen LogP contribution in [-0.2, 0) is 12.8 Å². The standard InChI is InChI=1S/C23H24N4O2S2/c1-30-23-25-19-17-15-8-5-9-16(15)18(14-6-3-2-4-7-14)24-22(17)31-20(19)21(26-23)27(10-12-28)11-13-29/h2-4,6-7,28-29H,5,8-13H2,1H3. The second-order valence-corrected chi connectivity index (χ2v) is 9.34. The normalized spacial score (nSPS) is 13.3. The number of benzene rings is 1. The third-order valence-corrected chi connectivity index (χ3v) is 7.38. The number of thioether (sulfide) groups is 1. The molecule has 1 aromatic carbocycles. The van der Waals surface area contributed by atoms with Crippen LogP contribution in [0.3, 0.4) is 0 Å². The fourth-order valence-electron chi connectivity index (χ4n) is 4.44. The molecule has 5 rings (SSSR count). The number of hydrogen-bond acceptors (Lipinski definition) is 8. The summed E-state index contributed by atoms with van der Waals surface area (Å²) in [5.41, 5.74) is 5.88. The molecule has 0 fully saturated rings. The summed E-state index contributed by atoms with van der Waals surface area (Å²) in [6, 6.07) is 10.4. The Balaban J connectivity index is 1.81. The monoisotopic (exact) mass is 452 g/mol. The predicted molar refractivity (Wildman–Crippen MR) is 128 cm³/mol. The molecular weight excluding hydrogens is 428 g/mol. The van der Waals surface area contributed by atoms with E-state index in [1.165, 1.54) is 22.9 Å². The maximum Gasteiger partial charge on any atom is 0.189 e. The first-order valence-electron chi connectivity index (χ1n) is 10.5. The van der Waals surface area contributed by atoms with E-state index in [9.17, 15) is 10.2 Å². The number of aromatic nitrogens is 3. The number of fused-ring (bicyclic) bond motifs is 5. The number of rotatable bonds is 7. The molecule has 0 spiro atoms. The first-order chi connectivity index (χ1) is 15.2. The summed E-state index contributed by atoms with van der Waals surface area (Å²) < 4.78 is 0.974. The Labute approximate surface area is 189 Å². The first-order valence-corrected chi connectivity index (χ1v) is 12.5. The van der Waals surface area contributed by atoms with Crippen LogP contribution in [0.2, 0.25) is 0 Å². The number of thiophene rings is 1. The van der Waals surface area contributed by atoms with Gasteiger partial charge < -0.3 is 15.1 Å². The average molecular weight is 453 g/mol. The zero-order chi connectivity index (χ0) is 21.4. The molecule has 2 N–H and O–H groups in total. The summed E-state index contributed by atoms with van der Waals surface area (Å²) >= 11 is 3.12. The number of anilines is 1. The van der Waals surface area contributed by atoms with Gasteiger partial charge in [0.05, 0.1) is 29.1 Å². The van der Waals surface area contributed by atoms with E-state index in [0.29, 0.717) is 18.2 Å². The first kappa shape index (κ1) is 20.6. The molecule has 0 bridgehead atoms. The maximum atomic E-state index is 9.57. The van der Waals surface area contributed by atoms with E-state index in [-0.39, 0.29) is 13.2 Å². The molecule has 0 amide bonds. The van der Waals surface area contributed by atoms with Crippen molar-refractivity contribution in [3.8, 4) is 11.3 Å². The minimum absolute atomic E-state index is 0.00318. The molecular formula is C23H24N4O2S2. The maximum absolute atomic E-state index is 9.57. The number of aryl methyl sites for hydroxylation is 1. The van der Waals surface area contributed by atoms with E-state index >= 15 is 0 Å². The Morgan fingerprint density at radius 1 is 1.00 bits per heavy atom. The van der Waals surface area contributed by atoms with Gasteiger partial charge in [0.1, 0.15) is 4.83 Å². The summed E-state index contributed by atoms with van der Waals surface area (Å²) in [7, 11) is 0. The molecule has 3 heterocycles. The highest BCUT2D eigenvalue weighted by Gasteiger charge is 2.26. The molecule has 8 heteroatoms. The molecule has 31 heavy (non-hydrogen) atoms. The lowest BCUT2D eigenvalue weighted by Gasteiger charge is -2.22. The molecule has 3 aromatic heterocycles. The minimum Gasteiger partial charge on any atom is -0.395 e. The van der Waals surface area contributed by atoms with Gasteiger partial charge >= 0.3 is 0 Å². The number of nitrogens with zero attached hydrogens (tertiary/aromatic N) is 4. The van der Waals surface area contributed by atoms with Crippen molar-refractivity contribution in [1.29, 1.82) is 0 Å². The third kappa shape index (κ3) is 3.57. The second-order valence-electron chi connectivity index (χ2n) is 7.57. The molecule has 0 radical (unpaired) electrons. The Kier molecular flexibility index (Phi) is 5.79. The number of aliphatic hydroxyl groups excluding tert-OH is 2. The van der Waals surface area contributed by atoms with E-state index in [4.69, 9.17) is 15.0 Å². The van der Waals surface area contributed by atoms with Crippen molar-refractivity contribution in [2.45, 2.75) is 24.4 Å². The number of pyridine rings is 1. The van der Waals surface area contributed by atoms with Gasteiger partial charge in [0.2, 0.25) is 0 Å². The van der Waals surface area contributed by atoms with Gasteiger partial charge in [-0.15, -0.1) is 11.3 Å². The summed E-state index contributed by atoms with van der Waals surface area (Å²) in [6.45, 7) is 0.818. The summed E-state index contributed by atoms with van der Waals surface area (Å²) in [6.07, 6.45) is 5.17. The van der Waals surface area contributed by atoms with Gasteiger partial charge in [-0.1, -0.05) is 42.1 Å². The highest BCUT2D eigenvalue weighted by atomic mass is 32.2. The van der Waals surface area contributed by atoms with E-state index < -0.39 is 0 Å². The van der Waals surface area contributed by atoms with Gasteiger partial charge in [0.25, 0.3) is 0 Å². The quantitative estimate of drug-likeness (QED) is 0.325. The Morgan fingerprint density at radius 2 is 1.74 bits per heavy atom. The van der Waals surface area contributed by atoms with Crippen molar-refractivity contribution in [2.75, 3.05) is 37.5 Å². The third-order valence-electron chi connectivity index (χ3n) is 5.76. The van der Waals surface area contributed by atoms with Crippen LogP contribution in [0.4, 0.5) is 5.82 Å². The number of aliphatic hydroxyl groups is 2. The molecule has 1 aliphatic rings. The van der Waals surface area contributed by atoms with Crippen LogP contribution in [0.1, 0.15) is 17.5 Å². The van der Waals surface area contributed by atoms with Crippen molar-refractivity contribution in [3.05, 3.63) is 41.5 Å². The van der Waals surface area contributed by atoms with E-state index in [1.807, 2.05) is 17.2 Å². The molecule has 160 valence electrons. The zero-order valence-corrected chi connectivity index (χ0v) is 19.0. The molecule has 6 nitrogen and oxygen atoms in total. The topological polar surface area (TPSA) is 82.4 Å². The molecule has 0 saturated carbocycles. The average Bonchev–Trinajstić information content (AvgIpc) is 3.42. The Bertz CT molecular complexity index is 1240. The van der Waals surface area contributed by atoms with E-state index in [2.05, 4.69) is 24.3 Å². The summed E-state index contributed by atoms with van der Waals surface area (Å²) in [5.74, 6) is 0.772. The largest absolute Gasteiger partial charge is 0.395 e. The lowest BCUT2D eigenvalue weighted by atomic mass is 10.0. The van der Waals surface area contributed by atoms with Gasteiger partial charge in [-0.25, -0.2) is 15.0 Å². The predicted octanol–water partition coefficient (Wildman–Crippen LogP) is 3.91. The molecule has 0 atom stereocenters. The smallest absolute Gasteiger partial charge is 0.189 e. The van der Waals surface area contributed by atoms with Gasteiger partial charge in [-0.2, -0.15) is 0 Å². The van der Waals surface area contributed by atoms with Crippen molar-refractivity contribution < 1.29 is 10.2 Å². The van der Waals surface area contributed by atoms with Crippen LogP contribution in [-0.4, -0.2) is 57.7 Å². The van der Waals surface area contributed by atoms with Crippen molar-refractivity contribution in [1.82, 2.24) is 15.0 Å². The van der Waals surface area contributed by atoms with Crippen molar-refractivity contribution in [2.24, 2.45) is 0 Å². The van der Waals surface area contributed by atoms with Gasteiger partial charge in [0.15, 0.2) is 11.0 Å². The molecule has 4 aromatic rings. The van der Waals surface area contributed by atoms with Gasteiger partial charge in [-0.3, -0.25) is 0 Å². The molecule has 0 aliphatic heterocycles. The number of hydrogen-bond donors (Lipinski definition) is 2. The van der Waals surface area contributed by atoms with Gasteiger partial charge in [-0.05, 0) is 36.6 Å². The van der Waals surface area contributed by atoms with E-state index in [0.717, 1.165) is 56.8 Å². The van der Waals surface area contributed by atoms with E-state index in [1.54, 1.807) is 11.3 Å². The SMILES string of the molecule is CSc1nc(N(CCO)CCO)c2sc3nc(-c4ccccc4)c4c(c3c2n1)CCC4. The lowest BCUT2D eigenvalue weighted by Crippen LogP contribution is -2.30. The lowest BCUT2D eigenvalue weighted by molar-refractivity contribution is 0.281. The Hall–Kier alpha value is -2.26. The minimum atomic E-state index is -0.00318. The van der Waals surface area contributed by atoms with Crippen LogP contribution in [0.15, 0.2) is 35.5 Å². The molecule has 1 aliphatic carbocycles. The molecule has 0 unspecified atom stereocenters. The highest BCUT2D eigenvalue weighted by molar-refractivity contribution is 7.98. The van der Waals surface area contributed by atoms with Crippen LogP contribution in [0, 0.1) is 0 Å². The Morgan fingerprint density at radius 3 is 2.45 bits per heavy atom. The summed E-state index contributed by atoms with van der Waals surface area (Å²) in [5, 5.41) is 21.0. The van der Waals surface area contributed by atoms with Crippen LogP contribution >= 0.6 is 23.1 Å². The van der Waals surface area contributed by atoms with Crippen LogP contribution in [0.25, 0.3) is 31.7 Å². The van der Waals surface area contributed by atoms with Crippen LogP contribution in [0.5, 0.6) is 0 Å². The van der Waals surface area contributed by atoms with Crippen molar-refractivity contribution >= 4 is 49.3 Å². The van der Waals surface area contributed by atoms with Crippen LogP contribution < -0.4 is 4.90 Å². The molecule has 0 saturated heterocycles. The highest BCUT2D eigenvalue weighted by Crippen LogP contribution is 2.44. The zero-order valence-electron chi connectivity index (χ0n) is 17.3. The van der Waals surface area contributed by atoms with Gasteiger partial charge in [0, 0.05) is 24.0 Å². The van der Waals surface area contributed by atoms with Crippen molar-refractivity contribution in [3.63, 3.8) is 0 Å². The summed E-state index contributed by atoms with van der Waals surface area (Å²) in [4.78, 5) is 17.7. The fraction of sp³-hybridized carbons (Fsp3) is 0.348. The second kappa shape index (κ2) is 8.70.